The van der Waals surface area contributed by atoms with Crippen LogP contribution in [0.1, 0.15) is 49.3 Å². The first-order valence-electron chi connectivity index (χ1n) is 12.3. The van der Waals surface area contributed by atoms with E-state index < -0.39 is 16.9 Å². The van der Waals surface area contributed by atoms with Crippen LogP contribution in [0.15, 0.2) is 48.7 Å². The molecule has 0 bridgehead atoms. The number of nitrogens with zero attached hydrogens (tertiary/aromatic N) is 4. The standard InChI is InChI=1S/C27H30ClN5O6S/c1-26(2)24(27(3,4)25(26)39-21-11-8-18(13-29)22(28)12-21)30-23(34)17-6-9-20(10-7-17)33-14-19(31-32-33)15-37-16-38-40(5,35)36/h6-12,14,24-25H,15-16H2,1-5H3,(H,30,34)/t24-,25-. The molecule has 1 aromatic heterocycles. The van der Waals surface area contributed by atoms with Gasteiger partial charge in [0.15, 0.2) is 6.79 Å². The molecular formula is C27H30ClN5O6S. The summed E-state index contributed by atoms with van der Waals surface area (Å²) in [6.07, 6.45) is 2.36. The van der Waals surface area contributed by atoms with Gasteiger partial charge in [-0.2, -0.15) is 13.7 Å². The van der Waals surface area contributed by atoms with Crippen molar-refractivity contribution in [1.82, 2.24) is 20.3 Å². The summed E-state index contributed by atoms with van der Waals surface area (Å²) in [5, 5.41) is 20.6. The molecule has 2 aromatic carbocycles. The quantitative estimate of drug-likeness (QED) is 0.212. The molecule has 0 spiro atoms. The van der Waals surface area contributed by atoms with E-state index >= 15 is 0 Å². The maximum Gasteiger partial charge on any atom is 0.266 e. The molecule has 1 saturated carbocycles. The molecule has 0 saturated heterocycles. The average Bonchev–Trinajstić information content (AvgIpc) is 3.36. The number of carbonyl (C=O) groups excluding carboxylic acids is 1. The van der Waals surface area contributed by atoms with Crippen molar-refractivity contribution < 1.29 is 26.9 Å². The number of ether oxygens (including phenoxy) is 2. The summed E-state index contributed by atoms with van der Waals surface area (Å²) in [5.74, 6) is 0.358. The molecule has 1 aliphatic rings. The fraction of sp³-hybridized carbons (Fsp3) is 0.407. The van der Waals surface area contributed by atoms with Crippen molar-refractivity contribution in [3.05, 3.63) is 70.5 Å². The van der Waals surface area contributed by atoms with Crippen molar-refractivity contribution in [1.29, 1.82) is 5.26 Å². The molecule has 3 aromatic rings. The lowest BCUT2D eigenvalue weighted by Gasteiger charge is -2.63. The third-order valence-electron chi connectivity index (χ3n) is 6.96. The third-order valence-corrected chi connectivity index (χ3v) is 7.80. The van der Waals surface area contributed by atoms with Gasteiger partial charge in [-0.3, -0.25) is 4.79 Å². The molecule has 13 heteroatoms. The normalized spacial score (nSPS) is 19.3. The van der Waals surface area contributed by atoms with Crippen LogP contribution in [0, 0.1) is 22.2 Å². The second-order valence-electron chi connectivity index (χ2n) is 10.8. The highest BCUT2D eigenvalue weighted by Crippen LogP contribution is 2.55. The van der Waals surface area contributed by atoms with Crippen molar-refractivity contribution >= 4 is 27.6 Å². The number of carbonyl (C=O) groups is 1. The minimum Gasteiger partial charge on any atom is -0.489 e. The van der Waals surface area contributed by atoms with Gasteiger partial charge in [-0.15, -0.1) is 5.10 Å². The molecule has 1 fully saturated rings. The molecule has 4 rings (SSSR count). The molecule has 0 unspecified atom stereocenters. The minimum atomic E-state index is -3.58. The smallest absolute Gasteiger partial charge is 0.266 e. The van der Waals surface area contributed by atoms with Gasteiger partial charge in [0, 0.05) is 28.5 Å². The monoisotopic (exact) mass is 587 g/mol. The molecule has 0 atom stereocenters. The van der Waals surface area contributed by atoms with Crippen molar-refractivity contribution in [3.8, 4) is 17.5 Å². The molecule has 1 heterocycles. The molecule has 212 valence electrons. The summed E-state index contributed by atoms with van der Waals surface area (Å²) in [7, 11) is -3.58. The van der Waals surface area contributed by atoms with E-state index in [9.17, 15) is 13.2 Å². The van der Waals surface area contributed by atoms with E-state index in [1.807, 2.05) is 33.8 Å². The Morgan fingerprint density at radius 2 is 1.82 bits per heavy atom. The Bertz CT molecular complexity index is 1530. The maximum absolute atomic E-state index is 13.2. The molecule has 1 N–H and O–H groups in total. The van der Waals surface area contributed by atoms with E-state index in [0.29, 0.717) is 33.3 Å². The zero-order chi connectivity index (χ0) is 29.3. The highest BCUT2D eigenvalue weighted by Gasteiger charge is 2.64. The Kier molecular flexibility index (Phi) is 8.23. The summed E-state index contributed by atoms with van der Waals surface area (Å²) < 4.78 is 39.4. The van der Waals surface area contributed by atoms with Gasteiger partial charge in [0.05, 0.1) is 35.3 Å². The molecule has 1 amide bonds. The van der Waals surface area contributed by atoms with Gasteiger partial charge < -0.3 is 14.8 Å². The number of nitriles is 1. The SMILES string of the molecule is CC1(C)[C@H](NC(=O)c2ccc(-n3cc(COCOS(C)(=O)=O)nn3)cc2)C(C)(C)[C@H]1Oc1ccc(C#N)c(Cl)c1. The van der Waals surface area contributed by atoms with Crippen LogP contribution < -0.4 is 10.1 Å². The summed E-state index contributed by atoms with van der Waals surface area (Å²) in [6.45, 7) is 7.78. The fourth-order valence-electron chi connectivity index (χ4n) is 5.33. The van der Waals surface area contributed by atoms with Crippen molar-refractivity contribution in [3.63, 3.8) is 0 Å². The number of hydrogen-bond donors (Lipinski definition) is 1. The van der Waals surface area contributed by atoms with Crippen LogP contribution in [0.2, 0.25) is 5.02 Å². The van der Waals surface area contributed by atoms with Crippen molar-refractivity contribution in [2.45, 2.75) is 46.4 Å². The van der Waals surface area contributed by atoms with Crippen LogP contribution in [0.4, 0.5) is 0 Å². The maximum atomic E-state index is 13.2. The van der Waals surface area contributed by atoms with E-state index in [-0.39, 0.29) is 35.5 Å². The minimum absolute atomic E-state index is 0.0197. The molecule has 11 nitrogen and oxygen atoms in total. The van der Waals surface area contributed by atoms with Crippen LogP contribution in [0.5, 0.6) is 5.75 Å². The number of amides is 1. The average molecular weight is 588 g/mol. The predicted octanol–water partition coefficient (Wildman–Crippen LogP) is 3.85. The van der Waals surface area contributed by atoms with Gasteiger partial charge in [-0.25, -0.2) is 8.86 Å². The van der Waals surface area contributed by atoms with Gasteiger partial charge in [0.1, 0.15) is 23.6 Å². The highest BCUT2D eigenvalue weighted by atomic mass is 35.5. The zero-order valence-corrected chi connectivity index (χ0v) is 24.3. The van der Waals surface area contributed by atoms with Crippen LogP contribution >= 0.6 is 11.6 Å². The number of rotatable bonds is 10. The van der Waals surface area contributed by atoms with E-state index in [4.69, 9.17) is 26.3 Å². The van der Waals surface area contributed by atoms with Crippen LogP contribution in [0.3, 0.4) is 0 Å². The second kappa shape index (κ2) is 11.2. The first-order chi connectivity index (χ1) is 18.7. The topological polar surface area (TPSA) is 145 Å². The van der Waals surface area contributed by atoms with Crippen LogP contribution in [0.25, 0.3) is 5.69 Å². The van der Waals surface area contributed by atoms with Crippen molar-refractivity contribution in [2.75, 3.05) is 13.0 Å². The number of hydrogen-bond acceptors (Lipinski definition) is 9. The molecule has 1 aliphatic carbocycles. The Hall–Kier alpha value is -3.50. The van der Waals surface area contributed by atoms with E-state index in [0.717, 1.165) is 6.26 Å². The molecule has 0 aliphatic heterocycles. The third kappa shape index (κ3) is 6.28. The first-order valence-corrected chi connectivity index (χ1v) is 14.5. The lowest BCUT2D eigenvalue weighted by Crippen LogP contribution is -2.74. The second-order valence-corrected chi connectivity index (χ2v) is 12.8. The summed E-state index contributed by atoms with van der Waals surface area (Å²) in [4.78, 5) is 13.2. The van der Waals surface area contributed by atoms with Gasteiger partial charge in [0.25, 0.3) is 16.0 Å². The summed E-state index contributed by atoms with van der Waals surface area (Å²) in [6, 6.07) is 13.8. The number of aromatic nitrogens is 3. The molecule has 0 radical (unpaired) electrons. The van der Waals surface area contributed by atoms with Gasteiger partial charge >= 0.3 is 0 Å². The number of halogens is 1. The van der Waals surface area contributed by atoms with Crippen LogP contribution in [-0.4, -0.2) is 54.5 Å². The van der Waals surface area contributed by atoms with Gasteiger partial charge in [-0.1, -0.05) is 44.5 Å². The first kappa shape index (κ1) is 29.5. The summed E-state index contributed by atoms with van der Waals surface area (Å²) in [5.41, 5.74) is 1.26. The summed E-state index contributed by atoms with van der Waals surface area (Å²) >= 11 is 6.18. The van der Waals surface area contributed by atoms with E-state index in [2.05, 4.69) is 19.8 Å². The van der Waals surface area contributed by atoms with E-state index in [1.54, 1.807) is 48.7 Å². The van der Waals surface area contributed by atoms with Gasteiger partial charge in [-0.05, 0) is 36.4 Å². The Morgan fingerprint density at radius 1 is 1.15 bits per heavy atom. The lowest BCUT2D eigenvalue weighted by molar-refractivity contribution is -0.164. The Morgan fingerprint density at radius 3 is 2.42 bits per heavy atom. The van der Waals surface area contributed by atoms with Crippen molar-refractivity contribution in [2.24, 2.45) is 10.8 Å². The molecular weight excluding hydrogens is 558 g/mol. The largest absolute Gasteiger partial charge is 0.489 e. The Balaban J connectivity index is 1.37. The fourth-order valence-corrected chi connectivity index (χ4v) is 5.79. The number of benzene rings is 2. The lowest BCUT2D eigenvalue weighted by atomic mass is 9.49. The predicted molar refractivity (Wildman–Crippen MR) is 146 cm³/mol. The van der Waals surface area contributed by atoms with Crippen LogP contribution in [-0.2, 0) is 25.6 Å². The number of nitrogens with one attached hydrogen (secondary N) is 1. The zero-order valence-electron chi connectivity index (χ0n) is 22.7. The van der Waals surface area contributed by atoms with E-state index in [1.165, 1.54) is 4.68 Å². The Labute approximate surface area is 238 Å². The molecule has 40 heavy (non-hydrogen) atoms. The highest BCUT2D eigenvalue weighted by molar-refractivity contribution is 7.85. The van der Waals surface area contributed by atoms with Gasteiger partial charge in [0.2, 0.25) is 0 Å².